The van der Waals surface area contributed by atoms with Gasteiger partial charge in [-0.05, 0) is 74.0 Å². The molecule has 47 heavy (non-hydrogen) atoms. The Bertz CT molecular complexity index is 2230. The van der Waals surface area contributed by atoms with E-state index in [1.807, 2.05) is 50.2 Å². The molecule has 10 nitrogen and oxygen atoms in total. The summed E-state index contributed by atoms with van der Waals surface area (Å²) in [6.45, 7) is 5.51. The molecule has 6 rings (SSSR count). The average Bonchev–Trinajstić information content (AvgIpc) is 3.35. The molecular formula is C34H26ClN5O5S2. The zero-order valence-electron chi connectivity index (χ0n) is 25.3. The molecular weight excluding hydrogens is 658 g/mol. The second-order valence-corrected chi connectivity index (χ2v) is 13.0. The van der Waals surface area contributed by atoms with Crippen molar-refractivity contribution in [2.75, 3.05) is 6.61 Å². The van der Waals surface area contributed by atoms with Crippen LogP contribution in [0.5, 0.6) is 0 Å². The quantitative estimate of drug-likeness (QED) is 0.0836. The molecule has 0 bridgehead atoms. The molecule has 1 aliphatic heterocycles. The Morgan fingerprint density at radius 1 is 1.06 bits per heavy atom. The van der Waals surface area contributed by atoms with E-state index in [-0.39, 0.29) is 22.4 Å². The highest BCUT2D eigenvalue weighted by Crippen LogP contribution is 2.36. The monoisotopic (exact) mass is 683 g/mol. The van der Waals surface area contributed by atoms with Crippen LogP contribution in [-0.2, 0) is 9.53 Å². The summed E-state index contributed by atoms with van der Waals surface area (Å²) < 4.78 is 7.24. The maximum atomic E-state index is 14.2. The number of nitro groups is 1. The average molecular weight is 684 g/mol. The molecule has 2 aromatic heterocycles. The van der Waals surface area contributed by atoms with E-state index in [0.717, 1.165) is 34.5 Å². The molecule has 0 unspecified atom stereocenters. The van der Waals surface area contributed by atoms with Gasteiger partial charge in [-0.2, -0.15) is 0 Å². The minimum Gasteiger partial charge on any atom is -0.463 e. The Labute approximate surface area is 281 Å². The number of nitrogens with zero attached hydrogens (tertiary/aromatic N) is 5. The van der Waals surface area contributed by atoms with Crippen molar-refractivity contribution in [1.29, 1.82) is 0 Å². The van der Waals surface area contributed by atoms with Gasteiger partial charge in [-0.1, -0.05) is 71.5 Å². The van der Waals surface area contributed by atoms with Crippen LogP contribution in [0.15, 0.2) is 104 Å². The van der Waals surface area contributed by atoms with Crippen molar-refractivity contribution >= 4 is 58.1 Å². The molecule has 0 N–H and O–H groups in total. The van der Waals surface area contributed by atoms with E-state index in [4.69, 9.17) is 21.3 Å². The lowest BCUT2D eigenvalue weighted by atomic mass is 9.93. The summed E-state index contributed by atoms with van der Waals surface area (Å²) in [4.78, 5) is 53.7. The third-order valence-corrected chi connectivity index (χ3v) is 9.37. The Kier molecular flexibility index (Phi) is 9.17. The summed E-state index contributed by atoms with van der Waals surface area (Å²) in [6, 6.07) is 21.8. The normalized spacial score (nSPS) is 14.5. The van der Waals surface area contributed by atoms with Crippen molar-refractivity contribution < 1.29 is 14.5 Å². The molecule has 0 fully saturated rings. The number of nitro benzene ring substituents is 1. The number of halogens is 1. The van der Waals surface area contributed by atoms with Gasteiger partial charge in [-0.25, -0.2) is 19.8 Å². The molecule has 0 saturated heterocycles. The van der Waals surface area contributed by atoms with Crippen LogP contribution in [0, 0.1) is 24.0 Å². The van der Waals surface area contributed by atoms with E-state index < -0.39 is 22.5 Å². The molecule has 13 heteroatoms. The Balaban J connectivity index is 1.52. The lowest BCUT2D eigenvalue weighted by molar-refractivity contribution is -0.387. The van der Waals surface area contributed by atoms with Crippen molar-refractivity contribution in [3.05, 3.63) is 147 Å². The minimum atomic E-state index is -0.870. The maximum absolute atomic E-state index is 14.2. The topological polar surface area (TPSA) is 130 Å². The number of hydrogen-bond acceptors (Lipinski definition) is 10. The second-order valence-electron chi connectivity index (χ2n) is 10.5. The summed E-state index contributed by atoms with van der Waals surface area (Å²) in [5.74, 6) is -0.596. The summed E-state index contributed by atoms with van der Waals surface area (Å²) in [5, 5.41) is 13.0. The van der Waals surface area contributed by atoms with Crippen LogP contribution in [0.3, 0.4) is 0 Å². The fourth-order valence-electron chi connectivity index (χ4n) is 5.24. The van der Waals surface area contributed by atoms with Crippen molar-refractivity contribution in [3.63, 3.8) is 0 Å². The first-order valence-corrected chi connectivity index (χ1v) is 16.5. The van der Waals surface area contributed by atoms with Crippen molar-refractivity contribution in [3.8, 4) is 0 Å². The second kappa shape index (κ2) is 13.4. The van der Waals surface area contributed by atoms with Crippen LogP contribution in [0.25, 0.3) is 11.8 Å². The number of fused-ring (bicyclic) bond motifs is 1. The van der Waals surface area contributed by atoms with Gasteiger partial charge in [0.1, 0.15) is 0 Å². The molecule has 5 aromatic rings. The van der Waals surface area contributed by atoms with Crippen LogP contribution in [0.2, 0.25) is 5.02 Å². The van der Waals surface area contributed by atoms with E-state index in [1.165, 1.54) is 10.6 Å². The third-order valence-electron chi connectivity index (χ3n) is 7.20. The Morgan fingerprint density at radius 3 is 2.43 bits per heavy atom. The van der Waals surface area contributed by atoms with E-state index in [0.29, 0.717) is 42.3 Å². The number of carbonyl (C=O) groups is 1. The van der Waals surface area contributed by atoms with Crippen LogP contribution in [0.1, 0.15) is 41.0 Å². The van der Waals surface area contributed by atoms with Gasteiger partial charge in [-0.15, -0.1) is 0 Å². The van der Waals surface area contributed by atoms with Crippen LogP contribution in [-0.4, -0.2) is 32.0 Å². The van der Waals surface area contributed by atoms with Gasteiger partial charge in [-0.3, -0.25) is 19.5 Å². The highest BCUT2D eigenvalue weighted by molar-refractivity contribution is 7.99. The SMILES string of the molecule is CCOC(=O)C1=C(c2ccccc2)N=c2s/c(=C/c3ccc(Sc4nc(C)cc(C)n4)c([N+](=O)[O-])c3)c(=O)n2[C@@H]1c1ccc(Cl)cc1. The van der Waals surface area contributed by atoms with Crippen molar-refractivity contribution in [2.45, 2.75) is 36.9 Å². The fourth-order valence-corrected chi connectivity index (χ4v) is 7.32. The molecule has 236 valence electrons. The smallest absolute Gasteiger partial charge is 0.338 e. The molecule has 0 saturated carbocycles. The Hall–Kier alpha value is -4.91. The summed E-state index contributed by atoms with van der Waals surface area (Å²) in [6.07, 6.45) is 1.59. The first-order valence-electron chi connectivity index (χ1n) is 14.5. The summed E-state index contributed by atoms with van der Waals surface area (Å²) in [5.41, 5.74) is 3.33. The molecule has 0 spiro atoms. The number of ether oxygens (including phenoxy) is 1. The zero-order valence-corrected chi connectivity index (χ0v) is 27.7. The number of carbonyl (C=O) groups excluding carboxylic acids is 1. The fraction of sp³-hybridized carbons (Fsp3) is 0.147. The minimum absolute atomic E-state index is 0.130. The number of thiazole rings is 1. The molecule has 0 radical (unpaired) electrons. The molecule has 0 amide bonds. The number of aryl methyl sites for hydroxylation is 2. The predicted octanol–water partition coefficient (Wildman–Crippen LogP) is 6.06. The van der Waals surface area contributed by atoms with Gasteiger partial charge in [0.15, 0.2) is 9.96 Å². The number of rotatable bonds is 8. The number of esters is 1. The van der Waals surface area contributed by atoms with Crippen LogP contribution < -0.4 is 14.9 Å². The highest BCUT2D eigenvalue weighted by atomic mass is 35.5. The van der Waals surface area contributed by atoms with Crippen molar-refractivity contribution in [1.82, 2.24) is 14.5 Å². The zero-order chi connectivity index (χ0) is 33.2. The Morgan fingerprint density at radius 2 is 1.77 bits per heavy atom. The molecule has 1 aliphatic rings. The standard InChI is InChI=1S/C34H26ClN5O5S2/c1-4-45-32(42)28-29(22-8-6-5-7-9-22)38-34-39(30(28)23-11-13-24(35)14-12-23)31(41)27(47-34)18-21-10-15-26(25(17-21)40(43)44)46-33-36-19(2)16-20(3)37-33/h5-18,30H,4H2,1-3H3/b27-18+/t30-/m1/s1. The lowest BCUT2D eigenvalue weighted by Crippen LogP contribution is -2.40. The predicted molar refractivity (Wildman–Crippen MR) is 181 cm³/mol. The van der Waals surface area contributed by atoms with Gasteiger partial charge >= 0.3 is 5.97 Å². The summed E-state index contributed by atoms with van der Waals surface area (Å²) in [7, 11) is 0. The van der Waals surface area contributed by atoms with E-state index in [9.17, 15) is 19.7 Å². The van der Waals surface area contributed by atoms with Crippen LogP contribution >= 0.6 is 34.7 Å². The van der Waals surface area contributed by atoms with Gasteiger partial charge in [0.25, 0.3) is 11.2 Å². The first-order chi connectivity index (χ1) is 22.6. The lowest BCUT2D eigenvalue weighted by Gasteiger charge is -2.25. The van der Waals surface area contributed by atoms with Gasteiger partial charge in [0.2, 0.25) is 0 Å². The van der Waals surface area contributed by atoms with Gasteiger partial charge in [0, 0.05) is 28.0 Å². The number of aromatic nitrogens is 3. The van der Waals surface area contributed by atoms with E-state index >= 15 is 0 Å². The first kappa shape index (κ1) is 32.0. The number of hydrogen-bond donors (Lipinski definition) is 0. The number of benzene rings is 3. The maximum Gasteiger partial charge on any atom is 0.338 e. The van der Waals surface area contributed by atoms with Gasteiger partial charge < -0.3 is 4.74 Å². The van der Waals surface area contributed by atoms with E-state index in [1.54, 1.807) is 49.4 Å². The third kappa shape index (κ3) is 6.66. The van der Waals surface area contributed by atoms with Crippen LogP contribution in [0.4, 0.5) is 5.69 Å². The highest BCUT2D eigenvalue weighted by Gasteiger charge is 2.35. The molecule has 3 aromatic carbocycles. The molecule has 0 aliphatic carbocycles. The van der Waals surface area contributed by atoms with Gasteiger partial charge in [0.05, 0.1) is 38.3 Å². The molecule has 1 atom stereocenters. The molecule has 3 heterocycles. The summed E-state index contributed by atoms with van der Waals surface area (Å²) >= 11 is 8.43. The largest absolute Gasteiger partial charge is 0.463 e. The van der Waals surface area contributed by atoms with E-state index in [2.05, 4.69) is 9.97 Å². The van der Waals surface area contributed by atoms with Crippen molar-refractivity contribution in [2.24, 2.45) is 4.99 Å².